The molecule has 0 fully saturated rings. The van der Waals surface area contributed by atoms with E-state index in [9.17, 15) is 0 Å². The molecule has 2 nitrogen and oxygen atoms in total. The van der Waals surface area contributed by atoms with E-state index in [0.717, 1.165) is 18.0 Å². The lowest BCUT2D eigenvalue weighted by atomic mass is 10.0. The molecule has 2 heterocycles. The van der Waals surface area contributed by atoms with E-state index >= 15 is 0 Å². The van der Waals surface area contributed by atoms with Crippen LogP contribution in [0, 0.1) is 5.92 Å². The van der Waals surface area contributed by atoms with Crippen molar-refractivity contribution in [3.05, 3.63) is 29.3 Å². The van der Waals surface area contributed by atoms with E-state index in [-0.39, 0.29) is 0 Å². The van der Waals surface area contributed by atoms with Gasteiger partial charge in [-0.05, 0) is 48.9 Å². The van der Waals surface area contributed by atoms with Crippen LogP contribution in [0.5, 0.6) is 0 Å². The number of pyridine rings is 1. The van der Waals surface area contributed by atoms with E-state index in [1.807, 2.05) is 6.20 Å². The summed E-state index contributed by atoms with van der Waals surface area (Å²) in [6.07, 6.45) is 8.75. The zero-order valence-electron chi connectivity index (χ0n) is 13.6. The lowest BCUT2D eigenvalue weighted by molar-refractivity contribution is 0.498. The topological polar surface area (TPSA) is 24.9 Å². The van der Waals surface area contributed by atoms with Gasteiger partial charge in [-0.15, -0.1) is 11.3 Å². The first kappa shape index (κ1) is 16.4. The Bertz CT molecular complexity index is 533. The van der Waals surface area contributed by atoms with Crippen molar-refractivity contribution in [2.24, 2.45) is 5.92 Å². The molecule has 0 aliphatic heterocycles. The van der Waals surface area contributed by atoms with Gasteiger partial charge in [0.15, 0.2) is 0 Å². The van der Waals surface area contributed by atoms with Crippen molar-refractivity contribution in [1.29, 1.82) is 0 Å². The van der Waals surface area contributed by atoms with Crippen LogP contribution in [-0.4, -0.2) is 11.5 Å². The van der Waals surface area contributed by atoms with Gasteiger partial charge < -0.3 is 5.32 Å². The molecule has 0 aliphatic carbocycles. The second-order valence-corrected chi connectivity index (χ2v) is 7.29. The van der Waals surface area contributed by atoms with Crippen LogP contribution in [0.25, 0.3) is 10.2 Å². The molecule has 0 aromatic carbocycles. The fourth-order valence-corrected chi connectivity index (χ4v) is 3.36. The van der Waals surface area contributed by atoms with Crippen LogP contribution >= 0.6 is 11.3 Å². The lowest BCUT2D eigenvalue weighted by Gasteiger charge is -2.14. The molecule has 1 atom stereocenters. The van der Waals surface area contributed by atoms with Gasteiger partial charge in [0.05, 0.1) is 10.2 Å². The third kappa shape index (κ3) is 5.40. The molecule has 0 amide bonds. The predicted octanol–water partition coefficient (Wildman–Crippen LogP) is 5.55. The fourth-order valence-electron chi connectivity index (χ4n) is 2.57. The lowest BCUT2D eigenvalue weighted by Crippen LogP contribution is -2.19. The third-order valence-corrected chi connectivity index (χ3v) is 4.84. The Kier molecular flexibility index (Phi) is 6.65. The number of nitrogens with one attached hydrogen (secondary N) is 1. The van der Waals surface area contributed by atoms with E-state index in [1.54, 1.807) is 11.3 Å². The van der Waals surface area contributed by atoms with Crippen LogP contribution in [0.2, 0.25) is 0 Å². The Morgan fingerprint density at radius 3 is 2.76 bits per heavy atom. The Morgan fingerprint density at radius 1 is 1.14 bits per heavy atom. The smallest absolute Gasteiger partial charge is 0.0809 e. The minimum atomic E-state index is 0.389. The maximum Gasteiger partial charge on any atom is 0.0809 e. The number of fused-ring (bicyclic) bond motifs is 1. The van der Waals surface area contributed by atoms with Gasteiger partial charge in [0.2, 0.25) is 0 Å². The zero-order valence-corrected chi connectivity index (χ0v) is 14.4. The summed E-state index contributed by atoms with van der Waals surface area (Å²) in [5.41, 5.74) is 2.41. The standard InChI is InChI=1S/C18H28N2S/c1-14(2)8-6-4-5-7-10-19-15(3)16-12-18-17(20-13-16)9-11-21-18/h9,11-15,19H,4-8,10H2,1-3H3. The number of hydrogen-bond donors (Lipinski definition) is 1. The SMILES string of the molecule is CC(C)CCCCCCNC(C)c1cnc2ccsc2c1. The average Bonchev–Trinajstić information content (AvgIpc) is 2.93. The summed E-state index contributed by atoms with van der Waals surface area (Å²) in [6, 6.07) is 4.74. The Morgan fingerprint density at radius 2 is 1.95 bits per heavy atom. The maximum atomic E-state index is 4.52. The highest BCUT2D eigenvalue weighted by atomic mass is 32.1. The molecule has 0 saturated carbocycles. The summed E-state index contributed by atoms with van der Waals surface area (Å²) in [5.74, 6) is 0.850. The molecule has 0 bridgehead atoms. The molecular weight excluding hydrogens is 276 g/mol. The van der Waals surface area contributed by atoms with Crippen LogP contribution in [0.4, 0.5) is 0 Å². The second-order valence-electron chi connectivity index (χ2n) is 6.35. The monoisotopic (exact) mass is 304 g/mol. The first-order chi connectivity index (χ1) is 10.2. The Labute approximate surface area is 133 Å². The maximum absolute atomic E-state index is 4.52. The zero-order chi connectivity index (χ0) is 15.1. The fraction of sp³-hybridized carbons (Fsp3) is 0.611. The van der Waals surface area contributed by atoms with Crippen LogP contribution < -0.4 is 5.32 Å². The van der Waals surface area contributed by atoms with Crippen LogP contribution in [0.3, 0.4) is 0 Å². The largest absolute Gasteiger partial charge is 0.310 e. The molecule has 0 spiro atoms. The van der Waals surface area contributed by atoms with E-state index in [1.165, 1.54) is 42.4 Å². The van der Waals surface area contributed by atoms with Gasteiger partial charge in [-0.2, -0.15) is 0 Å². The Balaban J connectivity index is 1.66. The van der Waals surface area contributed by atoms with Gasteiger partial charge in [0, 0.05) is 12.2 Å². The number of thiophene rings is 1. The minimum Gasteiger partial charge on any atom is -0.310 e. The third-order valence-electron chi connectivity index (χ3n) is 3.98. The molecule has 21 heavy (non-hydrogen) atoms. The average molecular weight is 305 g/mol. The number of unbranched alkanes of at least 4 members (excludes halogenated alkanes) is 3. The molecule has 0 radical (unpaired) electrons. The van der Waals surface area contributed by atoms with E-state index in [0.29, 0.717) is 6.04 Å². The summed E-state index contributed by atoms with van der Waals surface area (Å²) in [7, 11) is 0. The van der Waals surface area contributed by atoms with Gasteiger partial charge in [0.25, 0.3) is 0 Å². The highest BCUT2D eigenvalue weighted by Gasteiger charge is 2.06. The molecule has 0 saturated heterocycles. The second kappa shape index (κ2) is 8.50. The number of hydrogen-bond acceptors (Lipinski definition) is 3. The molecular formula is C18H28N2S. The molecule has 116 valence electrons. The van der Waals surface area contributed by atoms with Crippen molar-refractivity contribution >= 4 is 21.6 Å². The van der Waals surface area contributed by atoms with E-state index < -0.39 is 0 Å². The molecule has 2 rings (SSSR count). The normalized spacial score (nSPS) is 13.1. The molecule has 1 unspecified atom stereocenters. The van der Waals surface area contributed by atoms with Gasteiger partial charge in [0.1, 0.15) is 0 Å². The highest BCUT2D eigenvalue weighted by molar-refractivity contribution is 7.17. The van der Waals surface area contributed by atoms with Crippen LogP contribution in [0.15, 0.2) is 23.7 Å². The van der Waals surface area contributed by atoms with E-state index in [2.05, 4.69) is 48.6 Å². The highest BCUT2D eigenvalue weighted by Crippen LogP contribution is 2.22. The predicted molar refractivity (Wildman–Crippen MR) is 94.0 cm³/mol. The van der Waals surface area contributed by atoms with E-state index in [4.69, 9.17) is 0 Å². The summed E-state index contributed by atoms with van der Waals surface area (Å²) < 4.78 is 1.29. The Hall–Kier alpha value is -0.930. The van der Waals surface area contributed by atoms with Crippen molar-refractivity contribution in [3.63, 3.8) is 0 Å². The van der Waals surface area contributed by atoms with Gasteiger partial charge >= 0.3 is 0 Å². The summed E-state index contributed by atoms with van der Waals surface area (Å²) >= 11 is 1.77. The molecule has 2 aromatic heterocycles. The number of nitrogens with zero attached hydrogens (tertiary/aromatic N) is 1. The first-order valence-corrected chi connectivity index (χ1v) is 9.11. The van der Waals surface area contributed by atoms with Crippen molar-refractivity contribution in [2.45, 2.75) is 58.9 Å². The molecule has 1 N–H and O–H groups in total. The quantitative estimate of drug-likeness (QED) is 0.614. The summed E-state index contributed by atoms with van der Waals surface area (Å²) in [5, 5.41) is 5.73. The minimum absolute atomic E-state index is 0.389. The van der Waals surface area contributed by atoms with Crippen molar-refractivity contribution in [2.75, 3.05) is 6.54 Å². The number of rotatable bonds is 9. The van der Waals surface area contributed by atoms with Crippen molar-refractivity contribution in [3.8, 4) is 0 Å². The van der Waals surface area contributed by atoms with Crippen LogP contribution in [0.1, 0.15) is 64.5 Å². The summed E-state index contributed by atoms with van der Waals surface area (Å²) in [4.78, 5) is 4.52. The van der Waals surface area contributed by atoms with Crippen molar-refractivity contribution < 1.29 is 0 Å². The summed E-state index contributed by atoms with van der Waals surface area (Å²) in [6.45, 7) is 7.95. The molecule has 0 aliphatic rings. The molecule has 2 aromatic rings. The van der Waals surface area contributed by atoms with Gasteiger partial charge in [-0.1, -0.05) is 39.5 Å². The van der Waals surface area contributed by atoms with Gasteiger partial charge in [-0.25, -0.2) is 0 Å². The number of aromatic nitrogens is 1. The molecule has 3 heteroatoms. The first-order valence-electron chi connectivity index (χ1n) is 8.23. The van der Waals surface area contributed by atoms with Crippen LogP contribution in [-0.2, 0) is 0 Å². The van der Waals surface area contributed by atoms with Crippen molar-refractivity contribution in [1.82, 2.24) is 10.3 Å². The van der Waals surface area contributed by atoms with Gasteiger partial charge in [-0.3, -0.25) is 4.98 Å².